The molecule has 0 radical (unpaired) electrons. The van der Waals surface area contributed by atoms with Gasteiger partial charge in [-0.2, -0.15) is 0 Å². The molecule has 0 aliphatic heterocycles. The standard InChI is InChI=1S/C65H38N4S/c1-2-14-42-37-60-57(35-41(42)13-1)53-17-7-9-19-58(53)69(60)59-32-28-48(36-56(59)45-25-31-55-54-18-8-10-20-61(54)70-62(55)38-45)65-67-63(46-26-29-51-43(33-46)23-21-39-11-3-5-15-49(39)51)66-64(68-65)47-27-30-52-44(34-47)24-22-40-12-4-6-16-50(40)52/h1-38H. The number of benzene rings is 12. The molecule has 0 atom stereocenters. The normalized spacial score (nSPS) is 12.0. The van der Waals surface area contributed by atoms with Crippen molar-refractivity contribution in [2.45, 2.75) is 0 Å². The van der Waals surface area contributed by atoms with Gasteiger partial charge in [0, 0.05) is 53.2 Å². The molecular weight excluding hydrogens is 869 g/mol. The highest BCUT2D eigenvalue weighted by Crippen LogP contribution is 2.43. The molecule has 3 heterocycles. The fourth-order valence-electron chi connectivity index (χ4n) is 11.0. The van der Waals surface area contributed by atoms with Crippen LogP contribution in [0.25, 0.3) is 147 Å². The van der Waals surface area contributed by atoms with E-state index in [4.69, 9.17) is 15.0 Å². The van der Waals surface area contributed by atoms with Gasteiger partial charge in [-0.05, 0) is 120 Å². The van der Waals surface area contributed by atoms with E-state index >= 15 is 0 Å². The van der Waals surface area contributed by atoms with Gasteiger partial charge in [-0.3, -0.25) is 0 Å². The molecule has 5 heteroatoms. The highest BCUT2D eigenvalue weighted by Gasteiger charge is 2.21. The lowest BCUT2D eigenvalue weighted by Gasteiger charge is -2.17. The lowest BCUT2D eigenvalue weighted by Crippen LogP contribution is -2.02. The maximum absolute atomic E-state index is 5.38. The minimum absolute atomic E-state index is 0.612. The molecule has 0 aliphatic rings. The zero-order valence-electron chi connectivity index (χ0n) is 37.6. The molecule has 70 heavy (non-hydrogen) atoms. The highest BCUT2D eigenvalue weighted by molar-refractivity contribution is 7.25. The van der Waals surface area contributed by atoms with Crippen molar-refractivity contribution in [1.82, 2.24) is 19.5 Å². The van der Waals surface area contributed by atoms with Gasteiger partial charge in [0.1, 0.15) is 0 Å². The van der Waals surface area contributed by atoms with Crippen LogP contribution in [-0.2, 0) is 0 Å². The van der Waals surface area contributed by atoms with Crippen molar-refractivity contribution in [3.8, 4) is 51.0 Å². The predicted molar refractivity (Wildman–Crippen MR) is 296 cm³/mol. The summed E-state index contributed by atoms with van der Waals surface area (Å²) in [5.41, 5.74) is 8.39. The summed E-state index contributed by atoms with van der Waals surface area (Å²) >= 11 is 1.84. The summed E-state index contributed by atoms with van der Waals surface area (Å²) in [6.45, 7) is 0. The van der Waals surface area contributed by atoms with Gasteiger partial charge < -0.3 is 4.57 Å². The fourth-order valence-corrected chi connectivity index (χ4v) is 12.1. The van der Waals surface area contributed by atoms with Crippen LogP contribution in [-0.4, -0.2) is 19.5 Å². The van der Waals surface area contributed by atoms with E-state index in [1.807, 2.05) is 11.3 Å². The van der Waals surface area contributed by atoms with E-state index in [1.54, 1.807) is 0 Å². The molecule has 12 aromatic carbocycles. The largest absolute Gasteiger partial charge is 0.309 e. The van der Waals surface area contributed by atoms with Crippen molar-refractivity contribution >= 4 is 107 Å². The summed E-state index contributed by atoms with van der Waals surface area (Å²) in [5, 5.41) is 17.0. The second kappa shape index (κ2) is 15.2. The Morgan fingerprint density at radius 2 is 0.743 bits per heavy atom. The van der Waals surface area contributed by atoms with E-state index in [0.29, 0.717) is 17.5 Å². The summed E-state index contributed by atoms with van der Waals surface area (Å²) < 4.78 is 4.99. The van der Waals surface area contributed by atoms with E-state index in [1.165, 1.54) is 74.0 Å². The Hall–Kier alpha value is -9.03. The summed E-state index contributed by atoms with van der Waals surface area (Å²) in [6, 6.07) is 83.7. The summed E-state index contributed by atoms with van der Waals surface area (Å²) in [4.78, 5) is 16.1. The number of rotatable bonds is 5. The average Bonchev–Trinajstić information content (AvgIpc) is 3.96. The zero-order chi connectivity index (χ0) is 45.9. The summed E-state index contributed by atoms with van der Waals surface area (Å²) in [7, 11) is 0. The molecule has 0 N–H and O–H groups in total. The second-order valence-corrected chi connectivity index (χ2v) is 19.4. The summed E-state index contributed by atoms with van der Waals surface area (Å²) in [6.07, 6.45) is 0. The van der Waals surface area contributed by atoms with E-state index in [2.05, 4.69) is 235 Å². The molecule has 0 unspecified atom stereocenters. The minimum atomic E-state index is 0.612. The van der Waals surface area contributed by atoms with Crippen molar-refractivity contribution in [3.05, 3.63) is 231 Å². The molecule has 4 nitrogen and oxygen atoms in total. The molecule has 0 saturated heterocycles. The third kappa shape index (κ3) is 6.12. The second-order valence-electron chi connectivity index (χ2n) is 18.4. The molecule has 15 aromatic rings. The summed E-state index contributed by atoms with van der Waals surface area (Å²) in [5.74, 6) is 1.86. The smallest absolute Gasteiger partial charge is 0.164 e. The number of nitrogens with zero attached hydrogens (tertiary/aromatic N) is 4. The first-order valence-electron chi connectivity index (χ1n) is 23.7. The van der Waals surface area contributed by atoms with Gasteiger partial charge in [0.15, 0.2) is 17.5 Å². The Bertz CT molecular complexity index is 4540. The van der Waals surface area contributed by atoms with Crippen LogP contribution >= 0.6 is 11.3 Å². The van der Waals surface area contributed by atoms with Crippen LogP contribution in [0.5, 0.6) is 0 Å². The van der Waals surface area contributed by atoms with E-state index < -0.39 is 0 Å². The van der Waals surface area contributed by atoms with Gasteiger partial charge in [-0.15, -0.1) is 11.3 Å². The van der Waals surface area contributed by atoms with Crippen LogP contribution in [0.15, 0.2) is 231 Å². The van der Waals surface area contributed by atoms with E-state index in [9.17, 15) is 0 Å². The van der Waals surface area contributed by atoms with Gasteiger partial charge in [0.25, 0.3) is 0 Å². The number of aromatic nitrogens is 4. The van der Waals surface area contributed by atoms with Crippen molar-refractivity contribution in [2.75, 3.05) is 0 Å². The molecular formula is C65H38N4S. The average molecular weight is 907 g/mol. The lowest BCUT2D eigenvalue weighted by atomic mass is 9.98. The molecule has 15 rings (SSSR count). The number of fused-ring (bicyclic) bond motifs is 13. The number of hydrogen-bond donors (Lipinski definition) is 0. The van der Waals surface area contributed by atoms with Gasteiger partial charge >= 0.3 is 0 Å². The maximum atomic E-state index is 5.38. The molecule has 324 valence electrons. The van der Waals surface area contributed by atoms with Crippen molar-refractivity contribution in [3.63, 3.8) is 0 Å². The topological polar surface area (TPSA) is 43.6 Å². The minimum Gasteiger partial charge on any atom is -0.309 e. The lowest BCUT2D eigenvalue weighted by molar-refractivity contribution is 1.07. The Labute approximate surface area is 406 Å². The third-order valence-electron chi connectivity index (χ3n) is 14.4. The SMILES string of the molecule is c1ccc2cc3c(cc2c1)c1ccccc1n3-c1ccc(-c2nc(-c3ccc4c(ccc5ccccc54)c3)nc(-c3ccc4c(ccc5ccccc54)c3)n2)cc1-c1ccc2c(c1)sc1ccccc12. The molecule has 0 spiro atoms. The Morgan fingerprint density at radius 3 is 1.41 bits per heavy atom. The first-order chi connectivity index (χ1) is 34.6. The quantitative estimate of drug-likeness (QED) is 0.162. The van der Waals surface area contributed by atoms with Crippen molar-refractivity contribution in [1.29, 1.82) is 0 Å². The predicted octanol–water partition coefficient (Wildman–Crippen LogP) is 17.8. The van der Waals surface area contributed by atoms with Gasteiger partial charge in [-0.1, -0.05) is 170 Å². The van der Waals surface area contributed by atoms with Gasteiger partial charge in [0.05, 0.1) is 16.7 Å². The van der Waals surface area contributed by atoms with Crippen LogP contribution in [0.3, 0.4) is 0 Å². The first kappa shape index (κ1) is 39.0. The Morgan fingerprint density at radius 1 is 0.271 bits per heavy atom. The fraction of sp³-hybridized carbons (Fsp3) is 0. The van der Waals surface area contributed by atoms with Crippen LogP contribution < -0.4 is 0 Å². The molecule has 0 fully saturated rings. The van der Waals surface area contributed by atoms with E-state index in [0.717, 1.165) is 55.3 Å². The molecule has 0 aliphatic carbocycles. The molecule has 0 bridgehead atoms. The number of thiophene rings is 1. The molecule has 0 amide bonds. The van der Waals surface area contributed by atoms with Crippen LogP contribution in [0, 0.1) is 0 Å². The molecule has 0 saturated carbocycles. The Balaban J connectivity index is 0.978. The first-order valence-corrected chi connectivity index (χ1v) is 24.6. The highest BCUT2D eigenvalue weighted by atomic mass is 32.1. The van der Waals surface area contributed by atoms with Crippen molar-refractivity contribution < 1.29 is 0 Å². The molecule has 3 aromatic heterocycles. The van der Waals surface area contributed by atoms with Gasteiger partial charge in [-0.25, -0.2) is 15.0 Å². The maximum Gasteiger partial charge on any atom is 0.164 e. The van der Waals surface area contributed by atoms with Crippen LogP contribution in [0.2, 0.25) is 0 Å². The van der Waals surface area contributed by atoms with Gasteiger partial charge in [0.2, 0.25) is 0 Å². The van der Waals surface area contributed by atoms with Crippen molar-refractivity contribution in [2.24, 2.45) is 0 Å². The Kier molecular flexibility index (Phi) is 8.49. The third-order valence-corrected chi connectivity index (χ3v) is 15.5. The monoisotopic (exact) mass is 906 g/mol. The number of para-hydroxylation sites is 1. The zero-order valence-corrected chi connectivity index (χ0v) is 38.5. The van der Waals surface area contributed by atoms with Crippen LogP contribution in [0.4, 0.5) is 0 Å². The number of hydrogen-bond acceptors (Lipinski definition) is 4. The van der Waals surface area contributed by atoms with E-state index in [-0.39, 0.29) is 0 Å². The van der Waals surface area contributed by atoms with Crippen LogP contribution in [0.1, 0.15) is 0 Å².